The van der Waals surface area contributed by atoms with Gasteiger partial charge in [-0.05, 0) is 18.9 Å². The number of rotatable bonds is 2. The molecule has 0 aliphatic heterocycles. The standard InChI is InChI=1S/C9H15NO/c1-6(2)9(10)8-4-7(3)11-5-8/h4-6,9H,10H2,1-3H3. The highest BCUT2D eigenvalue weighted by Crippen LogP contribution is 2.20. The number of nitrogens with two attached hydrogens (primary N) is 1. The van der Waals surface area contributed by atoms with Crippen molar-refractivity contribution in [1.29, 1.82) is 0 Å². The van der Waals surface area contributed by atoms with Crippen LogP contribution in [0.3, 0.4) is 0 Å². The first-order chi connectivity index (χ1) is 5.11. The summed E-state index contributed by atoms with van der Waals surface area (Å²) in [4.78, 5) is 0. The van der Waals surface area contributed by atoms with Crippen LogP contribution in [0.25, 0.3) is 0 Å². The number of furan rings is 1. The highest BCUT2D eigenvalue weighted by atomic mass is 16.3. The highest BCUT2D eigenvalue weighted by molar-refractivity contribution is 5.16. The van der Waals surface area contributed by atoms with Crippen molar-refractivity contribution in [1.82, 2.24) is 0 Å². The Morgan fingerprint density at radius 1 is 1.45 bits per heavy atom. The summed E-state index contributed by atoms with van der Waals surface area (Å²) in [6, 6.07) is 2.09. The van der Waals surface area contributed by atoms with E-state index < -0.39 is 0 Å². The van der Waals surface area contributed by atoms with E-state index in [1.165, 1.54) is 0 Å². The van der Waals surface area contributed by atoms with E-state index in [1.54, 1.807) is 6.26 Å². The first-order valence-corrected chi connectivity index (χ1v) is 3.92. The molecule has 1 unspecified atom stereocenters. The summed E-state index contributed by atoms with van der Waals surface area (Å²) in [5, 5.41) is 0. The second-order valence-corrected chi connectivity index (χ2v) is 3.26. The molecule has 0 radical (unpaired) electrons. The minimum atomic E-state index is 0.104. The third-order valence-corrected chi connectivity index (χ3v) is 1.85. The molecule has 2 heteroatoms. The molecule has 0 aromatic carbocycles. The maximum atomic E-state index is 5.89. The molecule has 1 atom stereocenters. The van der Waals surface area contributed by atoms with E-state index in [1.807, 2.05) is 13.0 Å². The van der Waals surface area contributed by atoms with E-state index in [0.717, 1.165) is 11.3 Å². The predicted molar refractivity (Wildman–Crippen MR) is 45.2 cm³/mol. The van der Waals surface area contributed by atoms with Crippen LogP contribution in [-0.4, -0.2) is 0 Å². The molecular formula is C9H15NO. The van der Waals surface area contributed by atoms with Gasteiger partial charge in [0, 0.05) is 11.6 Å². The second kappa shape index (κ2) is 3.09. The monoisotopic (exact) mass is 153 g/mol. The van der Waals surface area contributed by atoms with Crippen LogP contribution in [-0.2, 0) is 0 Å². The first kappa shape index (κ1) is 8.34. The lowest BCUT2D eigenvalue weighted by atomic mass is 10.00. The molecule has 0 fully saturated rings. The molecule has 62 valence electrons. The molecular weight excluding hydrogens is 138 g/mol. The van der Waals surface area contributed by atoms with Gasteiger partial charge in [0.15, 0.2) is 0 Å². The average molecular weight is 153 g/mol. The van der Waals surface area contributed by atoms with Crippen molar-refractivity contribution >= 4 is 0 Å². The lowest BCUT2D eigenvalue weighted by molar-refractivity contribution is 0.494. The second-order valence-electron chi connectivity index (χ2n) is 3.26. The fourth-order valence-electron chi connectivity index (χ4n) is 1.02. The Kier molecular flexibility index (Phi) is 2.35. The van der Waals surface area contributed by atoms with Crippen molar-refractivity contribution in [2.24, 2.45) is 11.7 Å². The minimum absolute atomic E-state index is 0.104. The van der Waals surface area contributed by atoms with Crippen LogP contribution in [0.2, 0.25) is 0 Å². The molecule has 2 N–H and O–H groups in total. The number of hydrogen-bond acceptors (Lipinski definition) is 2. The zero-order chi connectivity index (χ0) is 8.43. The Balaban J connectivity index is 2.76. The lowest BCUT2D eigenvalue weighted by Gasteiger charge is -2.12. The normalized spacial score (nSPS) is 13.9. The predicted octanol–water partition coefficient (Wildman–Crippen LogP) is 2.24. The summed E-state index contributed by atoms with van der Waals surface area (Å²) in [5.74, 6) is 1.39. The Labute approximate surface area is 67.4 Å². The summed E-state index contributed by atoms with van der Waals surface area (Å²) < 4.78 is 5.16. The molecule has 0 spiro atoms. The molecule has 1 rings (SSSR count). The van der Waals surface area contributed by atoms with Crippen LogP contribution in [0, 0.1) is 12.8 Å². The fraction of sp³-hybridized carbons (Fsp3) is 0.556. The van der Waals surface area contributed by atoms with Crippen LogP contribution in [0.15, 0.2) is 16.7 Å². The topological polar surface area (TPSA) is 39.2 Å². The van der Waals surface area contributed by atoms with E-state index in [4.69, 9.17) is 10.2 Å². The molecule has 1 heterocycles. The summed E-state index contributed by atoms with van der Waals surface area (Å²) in [6.07, 6.45) is 1.74. The molecule has 0 amide bonds. The van der Waals surface area contributed by atoms with Crippen molar-refractivity contribution in [3.63, 3.8) is 0 Å². The molecule has 0 bridgehead atoms. The molecule has 0 saturated heterocycles. The van der Waals surface area contributed by atoms with Gasteiger partial charge in [0.05, 0.1) is 6.26 Å². The van der Waals surface area contributed by atoms with Crippen LogP contribution in [0.1, 0.15) is 31.2 Å². The molecule has 0 saturated carbocycles. The van der Waals surface area contributed by atoms with Crippen molar-refractivity contribution in [3.8, 4) is 0 Å². The summed E-state index contributed by atoms with van der Waals surface area (Å²) in [5.41, 5.74) is 6.99. The Morgan fingerprint density at radius 3 is 2.45 bits per heavy atom. The number of hydrogen-bond donors (Lipinski definition) is 1. The largest absolute Gasteiger partial charge is 0.469 e. The van der Waals surface area contributed by atoms with E-state index in [0.29, 0.717) is 5.92 Å². The summed E-state index contributed by atoms with van der Waals surface area (Å²) in [7, 11) is 0. The van der Waals surface area contributed by atoms with E-state index in [9.17, 15) is 0 Å². The zero-order valence-electron chi connectivity index (χ0n) is 7.29. The fourth-order valence-corrected chi connectivity index (χ4v) is 1.02. The smallest absolute Gasteiger partial charge is 0.101 e. The van der Waals surface area contributed by atoms with Gasteiger partial charge in [-0.2, -0.15) is 0 Å². The van der Waals surface area contributed by atoms with Crippen molar-refractivity contribution in [3.05, 3.63) is 23.7 Å². The van der Waals surface area contributed by atoms with Gasteiger partial charge in [0.25, 0.3) is 0 Å². The zero-order valence-corrected chi connectivity index (χ0v) is 7.29. The Bertz CT molecular complexity index is 227. The third-order valence-electron chi connectivity index (χ3n) is 1.85. The van der Waals surface area contributed by atoms with Gasteiger partial charge < -0.3 is 10.2 Å². The van der Waals surface area contributed by atoms with Gasteiger partial charge in [-0.25, -0.2) is 0 Å². The summed E-state index contributed by atoms with van der Waals surface area (Å²) >= 11 is 0. The van der Waals surface area contributed by atoms with Gasteiger partial charge in [-0.1, -0.05) is 13.8 Å². The van der Waals surface area contributed by atoms with Crippen LogP contribution in [0.5, 0.6) is 0 Å². The van der Waals surface area contributed by atoms with E-state index in [-0.39, 0.29) is 6.04 Å². The van der Waals surface area contributed by atoms with E-state index >= 15 is 0 Å². The molecule has 1 aromatic rings. The van der Waals surface area contributed by atoms with E-state index in [2.05, 4.69) is 13.8 Å². The Morgan fingerprint density at radius 2 is 2.09 bits per heavy atom. The lowest BCUT2D eigenvalue weighted by Crippen LogP contribution is -2.15. The quantitative estimate of drug-likeness (QED) is 0.707. The molecule has 2 nitrogen and oxygen atoms in total. The van der Waals surface area contributed by atoms with Crippen molar-refractivity contribution in [2.45, 2.75) is 26.8 Å². The number of aryl methyl sites for hydroxylation is 1. The van der Waals surface area contributed by atoms with Gasteiger partial charge in [-0.15, -0.1) is 0 Å². The van der Waals surface area contributed by atoms with Crippen molar-refractivity contribution < 1.29 is 4.42 Å². The minimum Gasteiger partial charge on any atom is -0.469 e. The first-order valence-electron chi connectivity index (χ1n) is 3.92. The molecule has 0 aliphatic carbocycles. The van der Waals surface area contributed by atoms with Gasteiger partial charge in [-0.3, -0.25) is 0 Å². The average Bonchev–Trinajstić information content (AvgIpc) is 2.34. The Hall–Kier alpha value is -0.760. The molecule has 1 aromatic heterocycles. The van der Waals surface area contributed by atoms with Gasteiger partial charge in [0.1, 0.15) is 5.76 Å². The molecule has 11 heavy (non-hydrogen) atoms. The summed E-state index contributed by atoms with van der Waals surface area (Å²) in [6.45, 7) is 6.14. The van der Waals surface area contributed by atoms with Gasteiger partial charge >= 0.3 is 0 Å². The third kappa shape index (κ3) is 1.84. The molecule has 0 aliphatic rings. The van der Waals surface area contributed by atoms with Gasteiger partial charge in [0.2, 0.25) is 0 Å². The maximum Gasteiger partial charge on any atom is 0.101 e. The SMILES string of the molecule is Cc1cc(C(N)C(C)C)co1. The van der Waals surface area contributed by atoms with Crippen molar-refractivity contribution in [2.75, 3.05) is 0 Å². The van der Waals surface area contributed by atoms with Crippen LogP contribution in [0.4, 0.5) is 0 Å². The van der Waals surface area contributed by atoms with Crippen LogP contribution >= 0.6 is 0 Å². The highest BCUT2D eigenvalue weighted by Gasteiger charge is 2.11. The maximum absolute atomic E-state index is 5.89. The van der Waals surface area contributed by atoms with Crippen LogP contribution < -0.4 is 5.73 Å².